The normalized spacial score (nSPS) is 12.7. The van der Waals surface area contributed by atoms with Crippen LogP contribution < -0.4 is 0 Å². The minimum atomic E-state index is -0.907. The predicted molar refractivity (Wildman–Crippen MR) is 53.9 cm³/mol. The highest BCUT2D eigenvalue weighted by Gasteiger charge is 2.16. The molecule has 0 spiro atoms. The molecule has 0 aliphatic carbocycles. The molecule has 0 aliphatic rings. The fourth-order valence-corrected chi connectivity index (χ4v) is 1.49. The summed E-state index contributed by atoms with van der Waals surface area (Å²) in [5, 5.41) is 9.93. The minimum Gasteiger partial charge on any atom is -0.466 e. The summed E-state index contributed by atoms with van der Waals surface area (Å²) >= 11 is 0. The van der Waals surface area contributed by atoms with Crippen molar-refractivity contribution in [3.8, 4) is 0 Å². The van der Waals surface area contributed by atoms with Gasteiger partial charge >= 0.3 is 0 Å². The van der Waals surface area contributed by atoms with E-state index in [1.54, 1.807) is 18.2 Å². The van der Waals surface area contributed by atoms with E-state index in [4.69, 9.17) is 4.42 Å². The fourth-order valence-electron chi connectivity index (χ4n) is 1.49. The van der Waals surface area contributed by atoms with Crippen molar-refractivity contribution in [2.24, 2.45) is 0 Å². The highest BCUT2D eigenvalue weighted by Crippen LogP contribution is 2.25. The van der Waals surface area contributed by atoms with Gasteiger partial charge in [-0.2, -0.15) is 0 Å². The predicted octanol–water partition coefficient (Wildman–Crippen LogP) is 2.81. The molecule has 1 heterocycles. The Labute approximate surface area is 87.0 Å². The summed E-state index contributed by atoms with van der Waals surface area (Å²) < 4.78 is 18.1. The molecule has 2 nitrogen and oxygen atoms in total. The molecule has 1 aromatic carbocycles. The molecule has 0 fully saturated rings. The van der Waals surface area contributed by atoms with Gasteiger partial charge in [-0.15, -0.1) is 0 Å². The summed E-state index contributed by atoms with van der Waals surface area (Å²) in [6.07, 6.45) is 0.600. The number of halogens is 1. The molecular weight excluding hydrogens is 195 g/mol. The smallest absolute Gasteiger partial charge is 0.139 e. The molecule has 0 saturated carbocycles. The number of aryl methyl sites for hydroxylation is 1. The molecule has 0 saturated heterocycles. The second kappa shape index (κ2) is 3.87. The number of benzene rings is 1. The Balaban J connectivity index is 2.36. The Morgan fingerprint density at radius 2 is 2.13 bits per heavy atom. The first-order valence-corrected chi connectivity index (χ1v) is 4.66. The summed E-state index contributed by atoms with van der Waals surface area (Å²) in [5.41, 5.74) is 1.35. The van der Waals surface area contributed by atoms with Crippen LogP contribution in [0.2, 0.25) is 0 Å². The largest absolute Gasteiger partial charge is 0.466 e. The van der Waals surface area contributed by atoms with E-state index in [1.807, 2.05) is 6.92 Å². The molecule has 0 aliphatic heterocycles. The summed E-state index contributed by atoms with van der Waals surface area (Å²) in [6, 6.07) is 7.62. The summed E-state index contributed by atoms with van der Waals surface area (Å²) in [7, 11) is 0. The van der Waals surface area contributed by atoms with Crippen molar-refractivity contribution < 1.29 is 13.9 Å². The van der Waals surface area contributed by atoms with Crippen LogP contribution in [0.4, 0.5) is 4.39 Å². The molecule has 0 radical (unpaired) electrons. The number of aliphatic hydroxyl groups excluding tert-OH is 1. The van der Waals surface area contributed by atoms with Gasteiger partial charge in [-0.1, -0.05) is 12.1 Å². The molecule has 3 heteroatoms. The molecule has 2 rings (SSSR count). The minimum absolute atomic E-state index is 0.365. The SMILES string of the molecule is Cc1ccoc1C(O)c1cccc(F)c1. The molecule has 1 unspecified atom stereocenters. The zero-order valence-electron chi connectivity index (χ0n) is 8.27. The van der Waals surface area contributed by atoms with Crippen molar-refractivity contribution in [1.29, 1.82) is 0 Å². The molecular formula is C12H11FO2. The van der Waals surface area contributed by atoms with Crippen LogP contribution in [-0.2, 0) is 0 Å². The average molecular weight is 206 g/mol. The van der Waals surface area contributed by atoms with Gasteiger partial charge in [0.1, 0.15) is 17.7 Å². The Kier molecular flexibility index (Phi) is 2.56. The van der Waals surface area contributed by atoms with Crippen LogP contribution in [0.25, 0.3) is 0 Å². The highest BCUT2D eigenvalue weighted by atomic mass is 19.1. The van der Waals surface area contributed by atoms with Gasteiger partial charge in [0.25, 0.3) is 0 Å². The third kappa shape index (κ3) is 1.92. The quantitative estimate of drug-likeness (QED) is 0.819. The molecule has 0 amide bonds. The standard InChI is InChI=1S/C12H11FO2/c1-8-5-6-15-12(8)11(14)9-3-2-4-10(13)7-9/h2-7,11,14H,1H3. The van der Waals surface area contributed by atoms with Crippen LogP contribution in [0.3, 0.4) is 0 Å². The van der Waals surface area contributed by atoms with Gasteiger partial charge < -0.3 is 9.52 Å². The van der Waals surface area contributed by atoms with Gasteiger partial charge in [-0.25, -0.2) is 4.39 Å². The summed E-state index contributed by atoms with van der Waals surface area (Å²) in [4.78, 5) is 0. The summed E-state index contributed by atoms with van der Waals surface area (Å²) in [5.74, 6) is 0.0939. The lowest BCUT2D eigenvalue weighted by molar-refractivity contribution is 0.188. The third-order valence-electron chi connectivity index (χ3n) is 2.31. The van der Waals surface area contributed by atoms with E-state index < -0.39 is 6.10 Å². The van der Waals surface area contributed by atoms with Crippen LogP contribution >= 0.6 is 0 Å². The Bertz CT molecular complexity index is 462. The molecule has 78 valence electrons. The zero-order valence-corrected chi connectivity index (χ0v) is 8.27. The van der Waals surface area contributed by atoms with Crippen LogP contribution in [0, 0.1) is 12.7 Å². The average Bonchev–Trinajstić information content (AvgIpc) is 2.63. The zero-order chi connectivity index (χ0) is 10.8. The maximum atomic E-state index is 12.9. The van der Waals surface area contributed by atoms with Crippen molar-refractivity contribution in [1.82, 2.24) is 0 Å². The van der Waals surface area contributed by atoms with E-state index in [2.05, 4.69) is 0 Å². The number of furan rings is 1. The van der Waals surface area contributed by atoms with Crippen molar-refractivity contribution in [2.45, 2.75) is 13.0 Å². The highest BCUT2D eigenvalue weighted by molar-refractivity contribution is 5.28. The molecule has 1 aromatic heterocycles. The Morgan fingerprint density at radius 1 is 1.33 bits per heavy atom. The van der Waals surface area contributed by atoms with E-state index in [0.29, 0.717) is 11.3 Å². The third-order valence-corrected chi connectivity index (χ3v) is 2.31. The van der Waals surface area contributed by atoms with Gasteiger partial charge in [0.2, 0.25) is 0 Å². The summed E-state index contributed by atoms with van der Waals surface area (Å²) in [6.45, 7) is 1.83. The maximum Gasteiger partial charge on any atom is 0.139 e. The van der Waals surface area contributed by atoms with Gasteiger partial charge in [-0.3, -0.25) is 0 Å². The number of hydrogen-bond donors (Lipinski definition) is 1. The second-order valence-corrected chi connectivity index (χ2v) is 3.43. The first-order valence-electron chi connectivity index (χ1n) is 4.66. The van der Waals surface area contributed by atoms with Crippen LogP contribution in [-0.4, -0.2) is 5.11 Å². The monoisotopic (exact) mass is 206 g/mol. The first-order chi connectivity index (χ1) is 7.18. The first kappa shape index (κ1) is 9.93. The molecule has 0 bridgehead atoms. The van der Waals surface area contributed by atoms with Gasteiger partial charge in [0, 0.05) is 0 Å². The van der Waals surface area contributed by atoms with E-state index in [9.17, 15) is 9.50 Å². The lowest BCUT2D eigenvalue weighted by atomic mass is 10.1. The van der Waals surface area contributed by atoms with E-state index in [1.165, 1.54) is 18.4 Å². The number of aliphatic hydroxyl groups is 1. The lowest BCUT2D eigenvalue weighted by Crippen LogP contribution is -2.00. The Morgan fingerprint density at radius 3 is 2.73 bits per heavy atom. The van der Waals surface area contributed by atoms with Crippen molar-refractivity contribution in [3.05, 3.63) is 59.3 Å². The second-order valence-electron chi connectivity index (χ2n) is 3.43. The van der Waals surface area contributed by atoms with Gasteiger partial charge in [-0.05, 0) is 36.2 Å². The van der Waals surface area contributed by atoms with Crippen LogP contribution in [0.5, 0.6) is 0 Å². The number of rotatable bonds is 2. The van der Waals surface area contributed by atoms with Crippen molar-refractivity contribution in [2.75, 3.05) is 0 Å². The number of hydrogen-bond acceptors (Lipinski definition) is 2. The van der Waals surface area contributed by atoms with Gasteiger partial charge in [0.05, 0.1) is 6.26 Å². The topological polar surface area (TPSA) is 33.4 Å². The van der Waals surface area contributed by atoms with E-state index >= 15 is 0 Å². The van der Waals surface area contributed by atoms with E-state index in [-0.39, 0.29) is 5.82 Å². The van der Waals surface area contributed by atoms with Crippen LogP contribution in [0.1, 0.15) is 23.0 Å². The Hall–Kier alpha value is -1.61. The van der Waals surface area contributed by atoms with Gasteiger partial charge in [0.15, 0.2) is 0 Å². The van der Waals surface area contributed by atoms with Crippen molar-refractivity contribution >= 4 is 0 Å². The lowest BCUT2D eigenvalue weighted by Gasteiger charge is -2.09. The molecule has 15 heavy (non-hydrogen) atoms. The molecule has 1 N–H and O–H groups in total. The molecule has 2 aromatic rings. The van der Waals surface area contributed by atoms with E-state index in [0.717, 1.165) is 5.56 Å². The van der Waals surface area contributed by atoms with Crippen LogP contribution in [0.15, 0.2) is 41.0 Å². The fraction of sp³-hybridized carbons (Fsp3) is 0.167. The van der Waals surface area contributed by atoms with Crippen molar-refractivity contribution in [3.63, 3.8) is 0 Å². The maximum absolute atomic E-state index is 12.9. The molecule has 1 atom stereocenters.